The van der Waals surface area contributed by atoms with Crippen LogP contribution in [0.15, 0.2) is 18.2 Å². The zero-order valence-corrected chi connectivity index (χ0v) is 15.2. The maximum atomic E-state index is 13.8. The first kappa shape index (κ1) is 19.7. The lowest BCUT2D eigenvalue weighted by atomic mass is 10.00. The number of carbonyl (C=O) groups is 1. The number of aryl methyl sites for hydroxylation is 1. The summed E-state index contributed by atoms with van der Waals surface area (Å²) in [6, 6.07) is 5.33. The monoisotopic (exact) mass is 321 g/mol. The Bertz CT molecular complexity index is 479. The van der Waals surface area contributed by atoms with Crippen LogP contribution in [-0.4, -0.2) is 11.9 Å². The summed E-state index contributed by atoms with van der Waals surface area (Å²) in [5, 5.41) is 0. The normalized spacial score (nSPS) is 11.0. The first-order valence-corrected chi connectivity index (χ1v) is 9.19. The van der Waals surface area contributed by atoms with E-state index in [1.165, 1.54) is 6.07 Å². The van der Waals surface area contributed by atoms with Gasteiger partial charge < -0.3 is 4.90 Å². The number of halogens is 1. The molecular formula is C20H32FNO. The molecule has 0 heterocycles. The molecule has 2 nitrogen and oxygen atoms in total. The minimum Gasteiger partial charge on any atom is -0.309 e. The third-order valence-electron chi connectivity index (χ3n) is 4.41. The van der Waals surface area contributed by atoms with Gasteiger partial charge in [-0.3, -0.25) is 4.79 Å². The Labute approximate surface area is 141 Å². The Hall–Kier alpha value is -1.38. The fourth-order valence-corrected chi connectivity index (χ4v) is 2.99. The predicted octanol–water partition coefficient (Wildman–Crippen LogP) is 5.88. The number of nitrogens with zero attached hydrogens (tertiary/aromatic N) is 1. The molecule has 0 aliphatic heterocycles. The molecule has 0 saturated carbocycles. The van der Waals surface area contributed by atoms with Gasteiger partial charge in [0.1, 0.15) is 5.82 Å². The largest absolute Gasteiger partial charge is 0.309 e. The summed E-state index contributed by atoms with van der Waals surface area (Å²) >= 11 is 0. The molecule has 0 aliphatic carbocycles. The number of amides is 1. The summed E-state index contributed by atoms with van der Waals surface area (Å²) in [6.07, 6.45) is 7.63. The second-order valence-electron chi connectivity index (χ2n) is 6.18. The van der Waals surface area contributed by atoms with Crippen molar-refractivity contribution in [3.63, 3.8) is 0 Å². The van der Waals surface area contributed by atoms with Gasteiger partial charge in [-0.1, -0.05) is 53.4 Å². The van der Waals surface area contributed by atoms with E-state index in [2.05, 4.69) is 13.8 Å². The van der Waals surface area contributed by atoms with Crippen LogP contribution in [-0.2, 0) is 11.2 Å². The lowest BCUT2D eigenvalue weighted by Gasteiger charge is -2.32. The molecule has 130 valence electrons. The van der Waals surface area contributed by atoms with Crippen molar-refractivity contribution in [1.29, 1.82) is 0 Å². The van der Waals surface area contributed by atoms with Crippen molar-refractivity contribution in [2.24, 2.45) is 0 Å². The molecule has 1 rings (SSSR count). The van der Waals surface area contributed by atoms with Crippen molar-refractivity contribution in [2.75, 3.05) is 4.90 Å². The van der Waals surface area contributed by atoms with Crippen molar-refractivity contribution in [3.05, 3.63) is 29.6 Å². The molecule has 0 saturated heterocycles. The zero-order chi connectivity index (χ0) is 17.2. The molecule has 0 aliphatic rings. The van der Waals surface area contributed by atoms with Crippen molar-refractivity contribution in [1.82, 2.24) is 0 Å². The fourth-order valence-electron chi connectivity index (χ4n) is 2.99. The Morgan fingerprint density at radius 2 is 1.70 bits per heavy atom. The molecule has 0 fully saturated rings. The van der Waals surface area contributed by atoms with Crippen LogP contribution in [0.1, 0.15) is 78.2 Å². The molecule has 1 aromatic rings. The molecule has 0 N–H and O–H groups in total. The molecule has 0 spiro atoms. The molecule has 0 atom stereocenters. The molecule has 0 bridgehead atoms. The van der Waals surface area contributed by atoms with Gasteiger partial charge in [0, 0.05) is 18.2 Å². The van der Waals surface area contributed by atoms with E-state index in [0.29, 0.717) is 18.4 Å². The highest BCUT2D eigenvalue weighted by atomic mass is 19.1. The van der Waals surface area contributed by atoms with Gasteiger partial charge >= 0.3 is 0 Å². The Kier molecular flexibility index (Phi) is 8.90. The van der Waals surface area contributed by atoms with E-state index in [0.717, 1.165) is 44.2 Å². The van der Waals surface area contributed by atoms with Crippen LogP contribution >= 0.6 is 0 Å². The maximum Gasteiger partial charge on any atom is 0.226 e. The lowest BCUT2D eigenvalue weighted by Crippen LogP contribution is -2.40. The quantitative estimate of drug-likeness (QED) is 0.527. The SMILES string of the molecule is CCCCC(CCCC)N(C(=O)CC)c1ccc(F)c(CC)c1. The van der Waals surface area contributed by atoms with E-state index in [-0.39, 0.29) is 17.8 Å². The first-order chi connectivity index (χ1) is 11.1. The van der Waals surface area contributed by atoms with Gasteiger partial charge in [0.25, 0.3) is 0 Å². The number of benzene rings is 1. The van der Waals surface area contributed by atoms with E-state index in [1.54, 1.807) is 6.07 Å². The summed E-state index contributed by atoms with van der Waals surface area (Å²) in [5.41, 5.74) is 1.54. The van der Waals surface area contributed by atoms with Gasteiger partial charge in [-0.25, -0.2) is 4.39 Å². The maximum absolute atomic E-state index is 13.8. The van der Waals surface area contributed by atoms with Gasteiger partial charge in [-0.15, -0.1) is 0 Å². The summed E-state index contributed by atoms with van der Waals surface area (Å²) in [6.45, 7) is 8.20. The standard InChI is InChI=1S/C20H32FNO/c1-5-9-11-17(12-10-6-2)22(20(23)8-4)18-13-14-19(21)16(7-3)15-18/h13-15,17H,5-12H2,1-4H3. The Morgan fingerprint density at radius 3 is 2.17 bits per heavy atom. The van der Waals surface area contributed by atoms with Gasteiger partial charge in [0.05, 0.1) is 0 Å². The fraction of sp³-hybridized carbons (Fsp3) is 0.650. The third kappa shape index (κ3) is 5.63. The van der Waals surface area contributed by atoms with E-state index >= 15 is 0 Å². The van der Waals surface area contributed by atoms with Crippen LogP contribution in [0.2, 0.25) is 0 Å². The smallest absolute Gasteiger partial charge is 0.226 e. The highest BCUT2D eigenvalue weighted by Gasteiger charge is 2.24. The molecular weight excluding hydrogens is 289 g/mol. The van der Waals surface area contributed by atoms with Crippen LogP contribution in [0.25, 0.3) is 0 Å². The van der Waals surface area contributed by atoms with Crippen molar-refractivity contribution < 1.29 is 9.18 Å². The van der Waals surface area contributed by atoms with Crippen LogP contribution in [0, 0.1) is 5.82 Å². The van der Waals surface area contributed by atoms with Crippen LogP contribution in [0.4, 0.5) is 10.1 Å². The number of carbonyl (C=O) groups excluding carboxylic acids is 1. The van der Waals surface area contributed by atoms with E-state index in [1.807, 2.05) is 24.8 Å². The molecule has 0 aromatic heterocycles. The third-order valence-corrected chi connectivity index (χ3v) is 4.41. The number of anilines is 1. The number of hydrogen-bond donors (Lipinski definition) is 0. The van der Waals surface area contributed by atoms with E-state index < -0.39 is 0 Å². The van der Waals surface area contributed by atoms with Gasteiger partial charge in [0.15, 0.2) is 0 Å². The Morgan fingerprint density at radius 1 is 1.09 bits per heavy atom. The van der Waals surface area contributed by atoms with Crippen LogP contribution in [0.5, 0.6) is 0 Å². The average molecular weight is 321 g/mol. The van der Waals surface area contributed by atoms with Gasteiger partial charge in [0.2, 0.25) is 5.91 Å². The molecule has 1 aromatic carbocycles. The molecule has 3 heteroatoms. The van der Waals surface area contributed by atoms with Crippen molar-refractivity contribution >= 4 is 11.6 Å². The van der Waals surface area contributed by atoms with Crippen molar-refractivity contribution in [2.45, 2.75) is 85.1 Å². The summed E-state index contributed by atoms with van der Waals surface area (Å²) < 4.78 is 13.8. The zero-order valence-electron chi connectivity index (χ0n) is 15.2. The van der Waals surface area contributed by atoms with Crippen molar-refractivity contribution in [3.8, 4) is 0 Å². The topological polar surface area (TPSA) is 20.3 Å². The molecule has 23 heavy (non-hydrogen) atoms. The van der Waals surface area contributed by atoms with Crippen LogP contribution < -0.4 is 4.90 Å². The average Bonchev–Trinajstić information content (AvgIpc) is 2.57. The Balaban J connectivity index is 3.15. The predicted molar refractivity (Wildman–Crippen MR) is 96.4 cm³/mol. The lowest BCUT2D eigenvalue weighted by molar-refractivity contribution is -0.118. The first-order valence-electron chi connectivity index (χ1n) is 9.19. The van der Waals surface area contributed by atoms with E-state index in [4.69, 9.17) is 0 Å². The molecule has 0 radical (unpaired) electrons. The second-order valence-corrected chi connectivity index (χ2v) is 6.18. The highest BCUT2D eigenvalue weighted by molar-refractivity contribution is 5.93. The van der Waals surface area contributed by atoms with Gasteiger partial charge in [-0.05, 0) is 43.0 Å². The number of hydrogen-bond acceptors (Lipinski definition) is 1. The highest BCUT2D eigenvalue weighted by Crippen LogP contribution is 2.26. The summed E-state index contributed by atoms with van der Waals surface area (Å²) in [4.78, 5) is 14.5. The van der Waals surface area contributed by atoms with Crippen LogP contribution in [0.3, 0.4) is 0 Å². The minimum absolute atomic E-state index is 0.135. The van der Waals surface area contributed by atoms with Gasteiger partial charge in [-0.2, -0.15) is 0 Å². The second kappa shape index (κ2) is 10.4. The molecule has 0 unspecified atom stereocenters. The van der Waals surface area contributed by atoms with E-state index in [9.17, 15) is 9.18 Å². The number of rotatable bonds is 10. The molecule has 1 amide bonds. The minimum atomic E-state index is -0.182. The summed E-state index contributed by atoms with van der Waals surface area (Å²) in [7, 11) is 0. The number of unbranched alkanes of at least 4 members (excludes halogenated alkanes) is 2. The summed E-state index contributed by atoms with van der Waals surface area (Å²) in [5.74, 6) is -0.0466.